The fourth-order valence-corrected chi connectivity index (χ4v) is 3.14. The average Bonchev–Trinajstić information content (AvgIpc) is 2.71. The maximum Gasteiger partial charge on any atom is 0.271 e. The smallest absolute Gasteiger partial charge is 0.271 e. The van der Waals surface area contributed by atoms with Crippen molar-refractivity contribution in [3.63, 3.8) is 0 Å². The predicted molar refractivity (Wildman–Crippen MR) is 103 cm³/mol. The number of nitrogens with zero attached hydrogens (tertiary/aromatic N) is 2. The van der Waals surface area contributed by atoms with E-state index in [2.05, 4.69) is 5.32 Å². The Hall–Kier alpha value is -3.42. The van der Waals surface area contributed by atoms with E-state index in [9.17, 15) is 19.7 Å². The van der Waals surface area contributed by atoms with Gasteiger partial charge in [0.2, 0.25) is 5.91 Å². The summed E-state index contributed by atoms with van der Waals surface area (Å²) in [6, 6.07) is 13.9. The quantitative estimate of drug-likeness (QED) is 0.585. The number of nitro groups is 1. The minimum absolute atomic E-state index is 0.166. The van der Waals surface area contributed by atoms with E-state index in [1.807, 2.05) is 37.3 Å². The maximum absolute atomic E-state index is 12.5. The van der Waals surface area contributed by atoms with E-state index in [1.54, 1.807) is 0 Å². The van der Waals surface area contributed by atoms with E-state index in [1.165, 1.54) is 23.1 Å². The molecular weight excluding hydrogens is 362 g/mol. The zero-order valence-corrected chi connectivity index (χ0v) is 15.5. The van der Waals surface area contributed by atoms with E-state index in [-0.39, 0.29) is 36.4 Å². The van der Waals surface area contributed by atoms with Gasteiger partial charge in [0.1, 0.15) is 12.3 Å². The largest absolute Gasteiger partial charge is 0.482 e. The molecule has 0 saturated heterocycles. The van der Waals surface area contributed by atoms with Crippen molar-refractivity contribution in [2.24, 2.45) is 0 Å². The van der Waals surface area contributed by atoms with Gasteiger partial charge < -0.3 is 10.1 Å². The SMILES string of the molecule is CC[C@H](CNC(=O)CN1C(=O)COc2ccc([N+](=O)[O-])cc21)c1ccccc1. The first-order valence-electron chi connectivity index (χ1n) is 9.02. The summed E-state index contributed by atoms with van der Waals surface area (Å²) in [5, 5.41) is 13.9. The molecule has 0 spiro atoms. The lowest BCUT2D eigenvalue weighted by Gasteiger charge is -2.28. The van der Waals surface area contributed by atoms with E-state index >= 15 is 0 Å². The highest BCUT2D eigenvalue weighted by atomic mass is 16.6. The number of non-ortho nitro benzene ring substituents is 1. The summed E-state index contributed by atoms with van der Waals surface area (Å²) in [7, 11) is 0. The summed E-state index contributed by atoms with van der Waals surface area (Å²) in [4.78, 5) is 36.4. The Bertz CT molecular complexity index is 885. The second-order valence-corrected chi connectivity index (χ2v) is 6.50. The van der Waals surface area contributed by atoms with Gasteiger partial charge in [-0.3, -0.25) is 24.6 Å². The summed E-state index contributed by atoms with van der Waals surface area (Å²) in [6.45, 7) is 2.06. The molecule has 8 heteroatoms. The minimum Gasteiger partial charge on any atom is -0.482 e. The third kappa shape index (κ3) is 4.28. The highest BCUT2D eigenvalue weighted by Gasteiger charge is 2.29. The molecular formula is C20H21N3O5. The second-order valence-electron chi connectivity index (χ2n) is 6.50. The highest BCUT2D eigenvalue weighted by Crippen LogP contribution is 2.35. The van der Waals surface area contributed by atoms with Crippen LogP contribution in [0.3, 0.4) is 0 Å². The molecule has 1 heterocycles. The van der Waals surface area contributed by atoms with Crippen LogP contribution < -0.4 is 15.0 Å². The Balaban J connectivity index is 1.69. The number of amides is 2. The zero-order valence-electron chi connectivity index (χ0n) is 15.5. The van der Waals surface area contributed by atoms with Crippen molar-refractivity contribution in [2.45, 2.75) is 19.3 Å². The molecule has 2 aromatic rings. The Labute approximate surface area is 162 Å². The van der Waals surface area contributed by atoms with Crippen molar-refractivity contribution >= 4 is 23.2 Å². The number of hydrogen-bond acceptors (Lipinski definition) is 5. The molecule has 0 radical (unpaired) electrons. The first-order valence-corrected chi connectivity index (χ1v) is 9.02. The van der Waals surface area contributed by atoms with Gasteiger partial charge in [-0.1, -0.05) is 37.3 Å². The van der Waals surface area contributed by atoms with Gasteiger partial charge in [-0.2, -0.15) is 0 Å². The molecule has 0 aromatic heterocycles. The summed E-state index contributed by atoms with van der Waals surface area (Å²) in [6.07, 6.45) is 0.857. The molecule has 0 fully saturated rings. The van der Waals surface area contributed by atoms with Crippen LogP contribution in [0.1, 0.15) is 24.8 Å². The van der Waals surface area contributed by atoms with Crippen molar-refractivity contribution in [1.29, 1.82) is 0 Å². The van der Waals surface area contributed by atoms with Gasteiger partial charge in [-0.15, -0.1) is 0 Å². The third-order valence-corrected chi connectivity index (χ3v) is 4.71. The Kier molecular flexibility index (Phi) is 5.88. The predicted octanol–water partition coefficient (Wildman–Crippen LogP) is 2.63. The van der Waals surface area contributed by atoms with Crippen molar-refractivity contribution in [3.8, 4) is 5.75 Å². The molecule has 28 heavy (non-hydrogen) atoms. The standard InChI is InChI=1S/C20H21N3O5/c1-2-14(15-6-4-3-5-7-15)11-21-19(24)12-22-17-10-16(23(26)27)8-9-18(17)28-13-20(22)25/h3-10,14H,2,11-13H2,1H3,(H,21,24)/t14-/m1/s1. The number of rotatable bonds is 7. The molecule has 8 nitrogen and oxygen atoms in total. The first kappa shape index (κ1) is 19.3. The normalized spacial score (nSPS) is 14.0. The lowest BCUT2D eigenvalue weighted by Crippen LogP contribution is -2.45. The number of nitro benzene ring substituents is 1. The van der Waals surface area contributed by atoms with Gasteiger partial charge in [0.05, 0.1) is 10.6 Å². The van der Waals surface area contributed by atoms with Gasteiger partial charge >= 0.3 is 0 Å². The van der Waals surface area contributed by atoms with Gasteiger partial charge in [-0.05, 0) is 18.1 Å². The Morgan fingerprint density at radius 1 is 1.29 bits per heavy atom. The van der Waals surface area contributed by atoms with Crippen molar-refractivity contribution < 1.29 is 19.2 Å². The molecule has 0 saturated carbocycles. The maximum atomic E-state index is 12.5. The van der Waals surface area contributed by atoms with Crippen LogP contribution in [-0.4, -0.2) is 36.4 Å². The Morgan fingerprint density at radius 2 is 2.04 bits per heavy atom. The topological polar surface area (TPSA) is 102 Å². The van der Waals surface area contributed by atoms with Crippen LogP contribution in [0.5, 0.6) is 5.75 Å². The van der Waals surface area contributed by atoms with E-state index in [0.717, 1.165) is 12.0 Å². The van der Waals surface area contributed by atoms with Crippen LogP contribution >= 0.6 is 0 Å². The van der Waals surface area contributed by atoms with Gasteiger partial charge in [0.25, 0.3) is 11.6 Å². The second kappa shape index (κ2) is 8.51. The number of anilines is 1. The van der Waals surface area contributed by atoms with Crippen LogP contribution in [0.4, 0.5) is 11.4 Å². The summed E-state index contributed by atoms with van der Waals surface area (Å²) in [5.74, 6) is -0.243. The number of fused-ring (bicyclic) bond motifs is 1. The number of benzene rings is 2. The van der Waals surface area contributed by atoms with E-state index in [0.29, 0.717) is 12.3 Å². The molecule has 146 valence electrons. The molecule has 1 N–H and O–H groups in total. The Morgan fingerprint density at radius 3 is 2.71 bits per heavy atom. The molecule has 0 unspecified atom stereocenters. The fourth-order valence-electron chi connectivity index (χ4n) is 3.14. The molecule has 0 bridgehead atoms. The first-order chi connectivity index (χ1) is 13.5. The number of hydrogen-bond donors (Lipinski definition) is 1. The number of carbonyl (C=O) groups excluding carboxylic acids is 2. The van der Waals surface area contributed by atoms with Crippen LogP contribution in [0.25, 0.3) is 0 Å². The minimum atomic E-state index is -0.552. The highest BCUT2D eigenvalue weighted by molar-refractivity contribution is 6.02. The molecule has 0 aliphatic carbocycles. The van der Waals surface area contributed by atoms with Crippen LogP contribution in [0.2, 0.25) is 0 Å². The summed E-state index contributed by atoms with van der Waals surface area (Å²) in [5.41, 5.74) is 1.20. The zero-order chi connectivity index (χ0) is 20.1. The molecule has 1 atom stereocenters. The molecule has 1 aliphatic rings. The summed E-state index contributed by atoms with van der Waals surface area (Å²) < 4.78 is 5.31. The van der Waals surface area contributed by atoms with Crippen molar-refractivity contribution in [2.75, 3.05) is 24.6 Å². The number of carbonyl (C=O) groups is 2. The van der Waals surface area contributed by atoms with Gasteiger partial charge in [-0.25, -0.2) is 0 Å². The van der Waals surface area contributed by atoms with E-state index < -0.39 is 10.8 Å². The molecule has 3 rings (SSSR count). The van der Waals surface area contributed by atoms with Crippen molar-refractivity contribution in [3.05, 3.63) is 64.2 Å². The lowest BCUT2D eigenvalue weighted by atomic mass is 9.96. The van der Waals surface area contributed by atoms with Gasteiger partial charge in [0, 0.05) is 24.6 Å². The van der Waals surface area contributed by atoms with E-state index in [4.69, 9.17) is 4.74 Å². The van der Waals surface area contributed by atoms with Crippen LogP contribution in [0, 0.1) is 10.1 Å². The number of ether oxygens (including phenoxy) is 1. The monoisotopic (exact) mass is 383 g/mol. The van der Waals surface area contributed by atoms with Gasteiger partial charge in [0.15, 0.2) is 6.61 Å². The lowest BCUT2D eigenvalue weighted by molar-refractivity contribution is -0.384. The average molecular weight is 383 g/mol. The van der Waals surface area contributed by atoms with Crippen LogP contribution in [0.15, 0.2) is 48.5 Å². The van der Waals surface area contributed by atoms with Crippen LogP contribution in [-0.2, 0) is 9.59 Å². The summed E-state index contributed by atoms with van der Waals surface area (Å²) >= 11 is 0. The molecule has 2 amide bonds. The fraction of sp³-hybridized carbons (Fsp3) is 0.300. The third-order valence-electron chi connectivity index (χ3n) is 4.71. The molecule has 2 aromatic carbocycles. The number of nitrogens with one attached hydrogen (secondary N) is 1. The van der Waals surface area contributed by atoms with Crippen molar-refractivity contribution in [1.82, 2.24) is 5.32 Å². The molecule has 1 aliphatic heterocycles.